The van der Waals surface area contributed by atoms with Crippen molar-refractivity contribution in [2.45, 2.75) is 44.6 Å². The number of rotatable bonds is 6. The van der Waals surface area contributed by atoms with Crippen LogP contribution in [-0.2, 0) is 0 Å². The molecule has 0 heterocycles. The zero-order valence-electron chi connectivity index (χ0n) is 10.8. The Balaban J connectivity index is 2.43. The van der Waals surface area contributed by atoms with Gasteiger partial charge in [-0.3, -0.25) is 0 Å². The molecule has 0 aliphatic carbocycles. The third-order valence-electron chi connectivity index (χ3n) is 2.60. The fourth-order valence-corrected chi connectivity index (χ4v) is 2.47. The molecule has 2 heteroatoms. The van der Waals surface area contributed by atoms with Crippen molar-refractivity contribution in [2.75, 3.05) is 12.3 Å². The Bertz CT molecular complexity index is 292. The van der Waals surface area contributed by atoms with Crippen molar-refractivity contribution in [3.63, 3.8) is 0 Å². The van der Waals surface area contributed by atoms with Crippen LogP contribution >= 0.6 is 11.8 Å². The van der Waals surface area contributed by atoms with Crippen LogP contribution in [0.15, 0.2) is 29.2 Å². The molecule has 0 aliphatic rings. The number of nitrogens with one attached hydrogen (secondary N) is 1. The van der Waals surface area contributed by atoms with Gasteiger partial charge in [0.1, 0.15) is 0 Å². The summed E-state index contributed by atoms with van der Waals surface area (Å²) >= 11 is 1.93. The first-order valence-corrected chi connectivity index (χ1v) is 7.08. The minimum absolute atomic E-state index is 0.583. The Morgan fingerprint density at radius 3 is 2.25 bits per heavy atom. The van der Waals surface area contributed by atoms with Crippen molar-refractivity contribution in [2.24, 2.45) is 0 Å². The summed E-state index contributed by atoms with van der Waals surface area (Å²) in [6, 6.07) is 9.53. The lowest BCUT2D eigenvalue weighted by Gasteiger charge is -2.12. The Labute approximate surface area is 104 Å². The zero-order valence-corrected chi connectivity index (χ0v) is 11.6. The standard InChI is InChI=1S/C14H23NS/c1-5-15-12(4)10-16-14-8-6-13(7-9-14)11(2)3/h6-9,11-12,15H,5,10H2,1-4H3. The smallest absolute Gasteiger partial charge is 0.0133 e. The van der Waals surface area contributed by atoms with Gasteiger partial charge in [0, 0.05) is 16.7 Å². The first kappa shape index (κ1) is 13.6. The highest BCUT2D eigenvalue weighted by Crippen LogP contribution is 2.22. The maximum atomic E-state index is 3.42. The molecule has 1 N–H and O–H groups in total. The first-order valence-electron chi connectivity index (χ1n) is 6.09. The Morgan fingerprint density at radius 1 is 1.12 bits per heavy atom. The highest BCUT2D eigenvalue weighted by atomic mass is 32.2. The summed E-state index contributed by atoms with van der Waals surface area (Å²) in [5.74, 6) is 1.76. The predicted octanol–water partition coefficient (Wildman–Crippen LogP) is 3.90. The lowest BCUT2D eigenvalue weighted by atomic mass is 10.0. The molecule has 0 fully saturated rings. The van der Waals surface area contributed by atoms with Crippen molar-refractivity contribution in [1.82, 2.24) is 5.32 Å². The van der Waals surface area contributed by atoms with Crippen LogP contribution in [0.4, 0.5) is 0 Å². The number of benzene rings is 1. The molecule has 16 heavy (non-hydrogen) atoms. The second kappa shape index (κ2) is 6.97. The normalized spacial score (nSPS) is 13.1. The van der Waals surface area contributed by atoms with Gasteiger partial charge >= 0.3 is 0 Å². The van der Waals surface area contributed by atoms with Crippen LogP contribution in [0.1, 0.15) is 39.2 Å². The Kier molecular flexibility index (Phi) is 5.93. The summed E-state index contributed by atoms with van der Waals surface area (Å²) in [6.45, 7) is 9.90. The van der Waals surface area contributed by atoms with E-state index in [0.717, 1.165) is 12.3 Å². The summed E-state index contributed by atoms with van der Waals surface area (Å²) in [6.07, 6.45) is 0. The summed E-state index contributed by atoms with van der Waals surface area (Å²) in [7, 11) is 0. The van der Waals surface area contributed by atoms with Crippen LogP contribution in [-0.4, -0.2) is 18.3 Å². The maximum Gasteiger partial charge on any atom is 0.0133 e. The van der Waals surface area contributed by atoms with E-state index in [-0.39, 0.29) is 0 Å². The van der Waals surface area contributed by atoms with Crippen LogP contribution in [0, 0.1) is 0 Å². The predicted molar refractivity (Wildman–Crippen MR) is 74.4 cm³/mol. The zero-order chi connectivity index (χ0) is 12.0. The fourth-order valence-electron chi connectivity index (χ4n) is 1.58. The summed E-state index contributed by atoms with van der Waals surface area (Å²) in [5.41, 5.74) is 1.42. The summed E-state index contributed by atoms with van der Waals surface area (Å²) in [5, 5.41) is 3.42. The van der Waals surface area contributed by atoms with Gasteiger partial charge in [0.15, 0.2) is 0 Å². The molecule has 1 aromatic carbocycles. The van der Waals surface area contributed by atoms with Crippen molar-refractivity contribution in [3.05, 3.63) is 29.8 Å². The topological polar surface area (TPSA) is 12.0 Å². The minimum Gasteiger partial charge on any atom is -0.314 e. The third-order valence-corrected chi connectivity index (χ3v) is 3.87. The van der Waals surface area contributed by atoms with Gasteiger partial charge in [-0.05, 0) is 37.1 Å². The largest absolute Gasteiger partial charge is 0.314 e. The first-order chi connectivity index (χ1) is 7.63. The second-order valence-electron chi connectivity index (χ2n) is 4.49. The van der Waals surface area contributed by atoms with Crippen molar-refractivity contribution >= 4 is 11.8 Å². The van der Waals surface area contributed by atoms with Crippen molar-refractivity contribution < 1.29 is 0 Å². The molecule has 1 nitrogen and oxygen atoms in total. The second-order valence-corrected chi connectivity index (χ2v) is 5.59. The molecule has 0 spiro atoms. The lowest BCUT2D eigenvalue weighted by Crippen LogP contribution is -2.27. The molecule has 0 aliphatic heterocycles. The minimum atomic E-state index is 0.583. The van der Waals surface area contributed by atoms with Gasteiger partial charge in [-0.1, -0.05) is 32.9 Å². The van der Waals surface area contributed by atoms with E-state index in [1.54, 1.807) is 0 Å². The molecular weight excluding hydrogens is 214 g/mol. The fraction of sp³-hybridized carbons (Fsp3) is 0.571. The average molecular weight is 237 g/mol. The molecule has 1 aromatic rings. The van der Waals surface area contributed by atoms with E-state index >= 15 is 0 Å². The number of hydrogen-bond acceptors (Lipinski definition) is 2. The summed E-state index contributed by atoms with van der Waals surface area (Å²) in [4.78, 5) is 1.37. The van der Waals surface area contributed by atoms with Gasteiger partial charge in [-0.25, -0.2) is 0 Å². The molecule has 0 amide bonds. The molecule has 0 bridgehead atoms. The van der Waals surface area contributed by atoms with Crippen LogP contribution in [0.2, 0.25) is 0 Å². The Hall–Kier alpha value is -0.470. The van der Waals surface area contributed by atoms with Crippen LogP contribution in [0.3, 0.4) is 0 Å². The van der Waals surface area contributed by atoms with Crippen molar-refractivity contribution in [3.8, 4) is 0 Å². The van der Waals surface area contributed by atoms with E-state index in [1.165, 1.54) is 10.5 Å². The molecular formula is C14H23NS. The summed E-state index contributed by atoms with van der Waals surface area (Å²) < 4.78 is 0. The molecule has 0 saturated carbocycles. The number of hydrogen-bond donors (Lipinski definition) is 1. The van der Waals surface area contributed by atoms with Gasteiger partial charge in [0.25, 0.3) is 0 Å². The number of thioether (sulfide) groups is 1. The van der Waals surface area contributed by atoms with Crippen LogP contribution in [0.5, 0.6) is 0 Å². The lowest BCUT2D eigenvalue weighted by molar-refractivity contribution is 0.620. The van der Waals surface area contributed by atoms with E-state index in [9.17, 15) is 0 Å². The highest BCUT2D eigenvalue weighted by molar-refractivity contribution is 7.99. The molecule has 0 radical (unpaired) electrons. The molecule has 90 valence electrons. The van der Waals surface area contributed by atoms with Gasteiger partial charge in [-0.2, -0.15) is 0 Å². The molecule has 0 saturated heterocycles. The average Bonchev–Trinajstić information content (AvgIpc) is 2.27. The van der Waals surface area contributed by atoms with Crippen LogP contribution in [0.25, 0.3) is 0 Å². The molecule has 1 atom stereocenters. The highest BCUT2D eigenvalue weighted by Gasteiger charge is 2.02. The Morgan fingerprint density at radius 2 is 1.75 bits per heavy atom. The van der Waals surface area contributed by atoms with E-state index in [4.69, 9.17) is 0 Å². The maximum absolute atomic E-state index is 3.42. The molecule has 0 aromatic heterocycles. The third kappa shape index (κ3) is 4.58. The van der Waals surface area contributed by atoms with Gasteiger partial charge in [0.05, 0.1) is 0 Å². The molecule has 1 rings (SSSR count). The monoisotopic (exact) mass is 237 g/mol. The van der Waals surface area contributed by atoms with Crippen LogP contribution < -0.4 is 5.32 Å². The van der Waals surface area contributed by atoms with E-state index < -0.39 is 0 Å². The van der Waals surface area contributed by atoms with E-state index in [1.807, 2.05) is 11.8 Å². The van der Waals surface area contributed by atoms with Gasteiger partial charge in [0.2, 0.25) is 0 Å². The van der Waals surface area contributed by atoms with Gasteiger partial charge in [-0.15, -0.1) is 11.8 Å². The molecule has 1 unspecified atom stereocenters. The SMILES string of the molecule is CCNC(C)CSc1ccc(C(C)C)cc1. The van der Waals surface area contributed by atoms with Gasteiger partial charge < -0.3 is 5.32 Å². The van der Waals surface area contributed by atoms with Crippen molar-refractivity contribution in [1.29, 1.82) is 0 Å². The van der Waals surface area contributed by atoms with E-state index in [0.29, 0.717) is 12.0 Å². The van der Waals surface area contributed by atoms with E-state index in [2.05, 4.69) is 57.3 Å². The quantitative estimate of drug-likeness (QED) is 0.753.